The smallest absolute Gasteiger partial charge is 0.233 e. The summed E-state index contributed by atoms with van der Waals surface area (Å²) >= 11 is 0. The first-order valence-corrected chi connectivity index (χ1v) is 10.7. The Bertz CT molecular complexity index is 1150. The number of nitrogens with zero attached hydrogens (tertiary/aromatic N) is 3. The Morgan fingerprint density at radius 3 is 2.75 bits per heavy atom. The number of aromatic nitrogens is 2. The Morgan fingerprint density at radius 1 is 1.16 bits per heavy atom. The molecule has 32 heavy (non-hydrogen) atoms. The van der Waals surface area contributed by atoms with Gasteiger partial charge in [0.05, 0.1) is 11.8 Å². The van der Waals surface area contributed by atoms with Gasteiger partial charge in [-0.3, -0.25) is 14.6 Å². The van der Waals surface area contributed by atoms with E-state index in [1.54, 1.807) is 41.7 Å². The molecule has 0 unspecified atom stereocenters. The summed E-state index contributed by atoms with van der Waals surface area (Å²) in [7, 11) is 0. The normalized spacial score (nSPS) is 17.9. The fourth-order valence-electron chi connectivity index (χ4n) is 4.08. The molecule has 3 aromatic rings. The van der Waals surface area contributed by atoms with Gasteiger partial charge in [0.15, 0.2) is 0 Å². The number of nitrogens with one attached hydrogen (secondary N) is 1. The Balaban J connectivity index is 1.44. The van der Waals surface area contributed by atoms with Gasteiger partial charge in [-0.2, -0.15) is 0 Å². The van der Waals surface area contributed by atoms with Crippen LogP contribution in [0.4, 0.5) is 11.5 Å². The molecule has 1 aromatic carbocycles. The zero-order valence-corrected chi connectivity index (χ0v) is 18.1. The molecule has 0 bridgehead atoms. The number of hydrogen-bond acceptors (Lipinski definition) is 4. The summed E-state index contributed by atoms with van der Waals surface area (Å²) in [6, 6.07) is 15.3. The lowest BCUT2D eigenvalue weighted by Crippen LogP contribution is -2.32. The molecular formula is C26H26N4O2. The van der Waals surface area contributed by atoms with Crippen LogP contribution in [-0.4, -0.2) is 28.3 Å². The molecule has 162 valence electrons. The molecule has 1 aliphatic heterocycles. The number of carbonyl (C=O) groups is 2. The largest absolute Gasteiger partial charge is 0.312 e. The molecule has 0 saturated carbocycles. The number of benzene rings is 1. The molecule has 6 heteroatoms. The number of amides is 2. The van der Waals surface area contributed by atoms with Gasteiger partial charge in [0.25, 0.3) is 0 Å². The van der Waals surface area contributed by atoms with Gasteiger partial charge in [-0.1, -0.05) is 37.3 Å². The van der Waals surface area contributed by atoms with Crippen molar-refractivity contribution in [1.29, 1.82) is 0 Å². The number of rotatable bonds is 7. The second-order valence-electron chi connectivity index (χ2n) is 8.32. The summed E-state index contributed by atoms with van der Waals surface area (Å²) in [4.78, 5) is 35.6. The lowest BCUT2D eigenvalue weighted by molar-refractivity contribution is -0.124. The van der Waals surface area contributed by atoms with Gasteiger partial charge in [0.2, 0.25) is 11.8 Å². The van der Waals surface area contributed by atoms with E-state index in [0.29, 0.717) is 18.8 Å². The van der Waals surface area contributed by atoms with Crippen molar-refractivity contribution >= 4 is 23.3 Å². The molecular weight excluding hydrogens is 400 g/mol. The van der Waals surface area contributed by atoms with Crippen molar-refractivity contribution in [2.45, 2.75) is 26.2 Å². The lowest BCUT2D eigenvalue weighted by Gasteiger charge is -2.22. The summed E-state index contributed by atoms with van der Waals surface area (Å²) < 4.78 is 0. The number of carbonyl (C=O) groups excluding carboxylic acids is 2. The first-order chi connectivity index (χ1) is 15.5. The minimum atomic E-state index is -0.422. The van der Waals surface area contributed by atoms with Gasteiger partial charge < -0.3 is 10.2 Å². The van der Waals surface area contributed by atoms with Crippen LogP contribution in [0.15, 0.2) is 79.8 Å². The molecule has 0 radical (unpaired) electrons. The van der Waals surface area contributed by atoms with E-state index in [2.05, 4.69) is 21.9 Å². The highest BCUT2D eigenvalue weighted by molar-refractivity contribution is 6.00. The van der Waals surface area contributed by atoms with Crippen molar-refractivity contribution in [3.63, 3.8) is 0 Å². The minimum absolute atomic E-state index is 0.0776. The van der Waals surface area contributed by atoms with E-state index in [0.717, 1.165) is 28.8 Å². The molecule has 6 nitrogen and oxygen atoms in total. The Hall–Kier alpha value is -3.80. The van der Waals surface area contributed by atoms with Gasteiger partial charge >= 0.3 is 0 Å². The van der Waals surface area contributed by atoms with E-state index in [9.17, 15) is 9.59 Å². The van der Waals surface area contributed by atoms with Crippen LogP contribution >= 0.6 is 0 Å². The summed E-state index contributed by atoms with van der Waals surface area (Å²) in [5.74, 6) is 0.350. The lowest BCUT2D eigenvalue weighted by atomic mass is 9.85. The summed E-state index contributed by atoms with van der Waals surface area (Å²) in [5.41, 5.74) is 3.31. The number of allylic oxidation sites excluding steroid dienone is 1. The topological polar surface area (TPSA) is 75.2 Å². The van der Waals surface area contributed by atoms with Gasteiger partial charge in [-0.05, 0) is 47.7 Å². The first kappa shape index (κ1) is 21.4. The van der Waals surface area contributed by atoms with Crippen LogP contribution in [0.2, 0.25) is 0 Å². The van der Waals surface area contributed by atoms with E-state index < -0.39 is 5.41 Å². The van der Waals surface area contributed by atoms with Gasteiger partial charge in [-0.25, -0.2) is 4.98 Å². The maximum atomic E-state index is 12.9. The monoisotopic (exact) mass is 426 g/mol. The molecule has 2 amide bonds. The summed E-state index contributed by atoms with van der Waals surface area (Å²) in [6.07, 6.45) is 8.56. The molecule has 2 aromatic heterocycles. The Morgan fingerprint density at radius 2 is 1.97 bits per heavy atom. The zero-order valence-electron chi connectivity index (χ0n) is 18.1. The van der Waals surface area contributed by atoms with Gasteiger partial charge in [0, 0.05) is 36.9 Å². The van der Waals surface area contributed by atoms with Crippen LogP contribution in [-0.2, 0) is 16.0 Å². The van der Waals surface area contributed by atoms with Crippen LogP contribution in [0.25, 0.3) is 11.1 Å². The highest BCUT2D eigenvalue weighted by Crippen LogP contribution is 2.37. The highest BCUT2D eigenvalue weighted by Gasteiger charge is 2.42. The van der Waals surface area contributed by atoms with E-state index >= 15 is 0 Å². The molecule has 1 fully saturated rings. The Labute approximate surface area is 188 Å². The van der Waals surface area contributed by atoms with E-state index in [-0.39, 0.29) is 18.2 Å². The van der Waals surface area contributed by atoms with E-state index in [1.807, 2.05) is 43.3 Å². The average molecular weight is 427 g/mol. The maximum absolute atomic E-state index is 12.9. The molecule has 0 aliphatic carbocycles. The maximum Gasteiger partial charge on any atom is 0.233 e. The standard InChI is InChI=1S/C26H26N4O2/c1-3-10-26(2)11-15-30(25(26)32)22-9-14-28-23(18-22)29-24(31)17-19-5-4-6-21(16-19)20-7-12-27-13-8-20/h3-9,12-14,16,18H,1,10-11,15,17H2,2H3,(H,28,29,31)/t26-/m1/s1. The minimum Gasteiger partial charge on any atom is -0.312 e. The number of anilines is 2. The number of hydrogen-bond donors (Lipinski definition) is 1. The predicted molar refractivity (Wildman–Crippen MR) is 126 cm³/mol. The quantitative estimate of drug-likeness (QED) is 0.558. The molecule has 1 N–H and O–H groups in total. The number of pyridine rings is 2. The van der Waals surface area contributed by atoms with Crippen molar-refractivity contribution in [2.24, 2.45) is 5.41 Å². The van der Waals surface area contributed by atoms with Gasteiger partial charge in [-0.15, -0.1) is 6.58 Å². The van der Waals surface area contributed by atoms with Crippen molar-refractivity contribution in [2.75, 3.05) is 16.8 Å². The highest BCUT2D eigenvalue weighted by atomic mass is 16.2. The molecule has 4 rings (SSSR count). The van der Waals surface area contributed by atoms with Crippen LogP contribution in [0.3, 0.4) is 0 Å². The third-order valence-electron chi connectivity index (χ3n) is 5.87. The fraction of sp³-hybridized carbons (Fsp3) is 0.231. The second-order valence-corrected chi connectivity index (χ2v) is 8.32. The van der Waals surface area contributed by atoms with Crippen LogP contribution in [0.1, 0.15) is 25.3 Å². The van der Waals surface area contributed by atoms with E-state index in [4.69, 9.17) is 0 Å². The summed E-state index contributed by atoms with van der Waals surface area (Å²) in [5, 5.41) is 2.86. The molecule has 1 atom stereocenters. The summed E-state index contributed by atoms with van der Waals surface area (Å²) in [6.45, 7) is 6.39. The SMILES string of the molecule is C=CC[C@]1(C)CCN(c2ccnc(NC(=O)Cc3cccc(-c4ccncc4)c3)c2)C1=O. The van der Waals surface area contributed by atoms with Crippen LogP contribution in [0.5, 0.6) is 0 Å². The third-order valence-corrected chi connectivity index (χ3v) is 5.87. The van der Waals surface area contributed by atoms with Crippen molar-refractivity contribution < 1.29 is 9.59 Å². The van der Waals surface area contributed by atoms with E-state index in [1.165, 1.54) is 0 Å². The first-order valence-electron chi connectivity index (χ1n) is 10.7. The van der Waals surface area contributed by atoms with Crippen molar-refractivity contribution in [3.05, 3.63) is 85.3 Å². The average Bonchev–Trinajstić information content (AvgIpc) is 3.09. The predicted octanol–water partition coefficient (Wildman–Crippen LogP) is 4.64. The molecule has 0 spiro atoms. The third kappa shape index (κ3) is 4.59. The molecule has 1 aliphatic rings. The van der Waals surface area contributed by atoms with Crippen LogP contribution in [0, 0.1) is 5.41 Å². The molecule has 1 saturated heterocycles. The second kappa shape index (κ2) is 9.14. The van der Waals surface area contributed by atoms with Crippen molar-refractivity contribution in [3.8, 4) is 11.1 Å². The van der Waals surface area contributed by atoms with Gasteiger partial charge in [0.1, 0.15) is 5.82 Å². The zero-order chi connectivity index (χ0) is 22.6. The fourth-order valence-corrected chi connectivity index (χ4v) is 4.08. The Kier molecular flexibility index (Phi) is 6.12. The molecule has 3 heterocycles. The van der Waals surface area contributed by atoms with Crippen LogP contribution < -0.4 is 10.2 Å². The van der Waals surface area contributed by atoms with Crippen molar-refractivity contribution in [1.82, 2.24) is 9.97 Å².